The van der Waals surface area contributed by atoms with Crippen molar-refractivity contribution in [1.29, 1.82) is 0 Å². The zero-order valence-corrected chi connectivity index (χ0v) is 10.9. The van der Waals surface area contributed by atoms with Gasteiger partial charge in [-0.3, -0.25) is 4.79 Å². The molecule has 1 heterocycles. The normalized spacial score (nSPS) is 10.7. The second kappa shape index (κ2) is 6.21. The van der Waals surface area contributed by atoms with Gasteiger partial charge in [-0.15, -0.1) is 0 Å². The number of rotatable bonds is 6. The fraction of sp³-hybridized carbons (Fsp3) is 0.286. The first-order chi connectivity index (χ1) is 9.63. The summed E-state index contributed by atoms with van der Waals surface area (Å²) in [5, 5.41) is 9.09. The summed E-state index contributed by atoms with van der Waals surface area (Å²) < 4.78 is 15.8. The lowest BCUT2D eigenvalue weighted by Gasteiger charge is -2.08. The summed E-state index contributed by atoms with van der Waals surface area (Å²) in [5.41, 5.74) is -0.264. The lowest BCUT2D eigenvalue weighted by atomic mass is 10.2. The van der Waals surface area contributed by atoms with Gasteiger partial charge < -0.3 is 19.0 Å². The van der Waals surface area contributed by atoms with Crippen molar-refractivity contribution in [2.45, 2.75) is 6.92 Å². The highest BCUT2D eigenvalue weighted by Crippen LogP contribution is 2.23. The van der Waals surface area contributed by atoms with Crippen molar-refractivity contribution in [3.8, 4) is 5.75 Å². The van der Waals surface area contributed by atoms with Crippen LogP contribution < -0.4 is 10.2 Å². The van der Waals surface area contributed by atoms with E-state index in [2.05, 4.69) is 0 Å². The smallest absolute Gasteiger partial charge is 0.371 e. The minimum absolute atomic E-state index is 0.184. The number of ether oxygens (including phenoxy) is 2. The molecular weight excluding hydrogens is 264 g/mol. The van der Waals surface area contributed by atoms with E-state index < -0.39 is 17.2 Å². The first kappa shape index (κ1) is 14.1. The van der Waals surface area contributed by atoms with E-state index in [0.29, 0.717) is 25.6 Å². The van der Waals surface area contributed by atoms with Gasteiger partial charge in [0.25, 0.3) is 0 Å². The van der Waals surface area contributed by atoms with Crippen molar-refractivity contribution in [1.82, 2.24) is 0 Å². The van der Waals surface area contributed by atoms with Crippen LogP contribution in [-0.2, 0) is 4.74 Å². The van der Waals surface area contributed by atoms with Crippen LogP contribution in [0.3, 0.4) is 0 Å². The number of fused-ring (bicyclic) bond motifs is 1. The van der Waals surface area contributed by atoms with Crippen LogP contribution in [0.25, 0.3) is 11.0 Å². The predicted octanol–water partition coefficient (Wildman–Crippen LogP) is 1.91. The predicted molar refractivity (Wildman–Crippen MR) is 71.4 cm³/mol. The van der Waals surface area contributed by atoms with E-state index in [4.69, 9.17) is 19.0 Å². The van der Waals surface area contributed by atoms with Gasteiger partial charge in [-0.05, 0) is 19.1 Å². The van der Waals surface area contributed by atoms with Crippen LogP contribution in [0.2, 0.25) is 0 Å². The molecule has 0 aliphatic rings. The lowest BCUT2D eigenvalue weighted by Crippen LogP contribution is -2.10. The maximum atomic E-state index is 12.0. The minimum Gasteiger partial charge on any atom is -0.490 e. The van der Waals surface area contributed by atoms with Crippen LogP contribution in [0.15, 0.2) is 33.5 Å². The number of aromatic carboxylic acids is 1. The van der Waals surface area contributed by atoms with Gasteiger partial charge in [-0.1, -0.05) is 6.07 Å². The minimum atomic E-state index is -1.29. The summed E-state index contributed by atoms with van der Waals surface area (Å²) in [6.07, 6.45) is 0. The highest BCUT2D eigenvalue weighted by atomic mass is 16.5. The van der Waals surface area contributed by atoms with Gasteiger partial charge in [0.2, 0.25) is 5.76 Å². The molecule has 0 bridgehead atoms. The van der Waals surface area contributed by atoms with Gasteiger partial charge in [0.1, 0.15) is 23.3 Å². The zero-order valence-electron chi connectivity index (χ0n) is 10.9. The van der Waals surface area contributed by atoms with Gasteiger partial charge >= 0.3 is 5.97 Å². The molecule has 0 spiro atoms. The van der Waals surface area contributed by atoms with E-state index >= 15 is 0 Å². The molecule has 0 aliphatic heterocycles. The molecule has 6 nitrogen and oxygen atoms in total. The molecule has 0 saturated heterocycles. The quantitative estimate of drug-likeness (QED) is 0.812. The van der Waals surface area contributed by atoms with E-state index in [-0.39, 0.29) is 11.0 Å². The Balaban J connectivity index is 2.37. The first-order valence-corrected chi connectivity index (χ1v) is 6.14. The third-order valence-corrected chi connectivity index (χ3v) is 2.62. The number of hydrogen-bond acceptors (Lipinski definition) is 5. The van der Waals surface area contributed by atoms with Gasteiger partial charge in [0.15, 0.2) is 5.43 Å². The summed E-state index contributed by atoms with van der Waals surface area (Å²) in [6, 6.07) is 5.73. The molecule has 20 heavy (non-hydrogen) atoms. The van der Waals surface area contributed by atoms with Crippen LogP contribution in [0.1, 0.15) is 17.5 Å². The molecule has 1 aromatic heterocycles. The van der Waals surface area contributed by atoms with Gasteiger partial charge in [0, 0.05) is 12.7 Å². The molecule has 0 atom stereocenters. The number of hydrogen-bond donors (Lipinski definition) is 1. The molecule has 0 amide bonds. The summed E-state index contributed by atoms with van der Waals surface area (Å²) in [5.74, 6) is -1.33. The Kier molecular flexibility index (Phi) is 4.37. The highest BCUT2D eigenvalue weighted by molar-refractivity contribution is 5.89. The Morgan fingerprint density at radius 2 is 2.15 bits per heavy atom. The fourth-order valence-corrected chi connectivity index (χ4v) is 1.76. The Hall–Kier alpha value is -2.34. The summed E-state index contributed by atoms with van der Waals surface area (Å²) >= 11 is 0. The van der Waals surface area contributed by atoms with Crippen molar-refractivity contribution in [3.63, 3.8) is 0 Å². The van der Waals surface area contributed by atoms with E-state index in [1.54, 1.807) is 12.1 Å². The molecule has 106 valence electrons. The number of carbonyl (C=O) groups is 1. The van der Waals surface area contributed by atoms with Crippen LogP contribution >= 0.6 is 0 Å². The van der Waals surface area contributed by atoms with Gasteiger partial charge in [-0.25, -0.2) is 4.79 Å². The lowest BCUT2D eigenvalue weighted by molar-refractivity contribution is 0.0663. The first-order valence-electron chi connectivity index (χ1n) is 6.14. The molecule has 0 aliphatic carbocycles. The topological polar surface area (TPSA) is 86.0 Å². The molecule has 2 rings (SSSR count). The SMILES string of the molecule is CCOCCOc1cccc2oc(C(=O)O)cc(=O)c12. The second-order valence-electron chi connectivity index (χ2n) is 3.95. The Morgan fingerprint density at radius 3 is 2.85 bits per heavy atom. The van der Waals surface area contributed by atoms with Crippen molar-refractivity contribution < 1.29 is 23.8 Å². The van der Waals surface area contributed by atoms with E-state index in [0.717, 1.165) is 6.07 Å². The molecule has 0 unspecified atom stereocenters. The van der Waals surface area contributed by atoms with Crippen molar-refractivity contribution in [3.05, 3.63) is 40.2 Å². The third-order valence-electron chi connectivity index (χ3n) is 2.62. The van der Waals surface area contributed by atoms with Crippen LogP contribution in [0, 0.1) is 0 Å². The molecule has 0 saturated carbocycles. The number of carboxylic acid groups (broad SMARTS) is 1. The highest BCUT2D eigenvalue weighted by Gasteiger charge is 2.13. The summed E-state index contributed by atoms with van der Waals surface area (Å²) in [4.78, 5) is 22.8. The van der Waals surface area contributed by atoms with Gasteiger partial charge in [-0.2, -0.15) is 0 Å². The summed E-state index contributed by atoms with van der Waals surface area (Å²) in [6.45, 7) is 3.17. The van der Waals surface area contributed by atoms with E-state index in [1.807, 2.05) is 6.92 Å². The average molecular weight is 278 g/mol. The van der Waals surface area contributed by atoms with E-state index in [1.165, 1.54) is 6.07 Å². The van der Waals surface area contributed by atoms with E-state index in [9.17, 15) is 9.59 Å². The molecule has 1 N–H and O–H groups in total. The summed E-state index contributed by atoms with van der Waals surface area (Å²) in [7, 11) is 0. The maximum absolute atomic E-state index is 12.0. The zero-order chi connectivity index (χ0) is 14.5. The number of carboxylic acids is 1. The monoisotopic (exact) mass is 278 g/mol. The van der Waals surface area contributed by atoms with Crippen molar-refractivity contribution >= 4 is 16.9 Å². The maximum Gasteiger partial charge on any atom is 0.371 e. The van der Waals surface area contributed by atoms with Gasteiger partial charge in [0.05, 0.1) is 6.61 Å². The molecule has 0 radical (unpaired) electrons. The second-order valence-corrected chi connectivity index (χ2v) is 3.95. The molecule has 6 heteroatoms. The molecule has 1 aromatic carbocycles. The number of benzene rings is 1. The largest absolute Gasteiger partial charge is 0.490 e. The average Bonchev–Trinajstić information content (AvgIpc) is 2.43. The Labute approximate surface area is 114 Å². The van der Waals surface area contributed by atoms with Crippen LogP contribution in [-0.4, -0.2) is 30.9 Å². The van der Waals surface area contributed by atoms with Crippen LogP contribution in [0.5, 0.6) is 5.75 Å². The van der Waals surface area contributed by atoms with Crippen molar-refractivity contribution in [2.75, 3.05) is 19.8 Å². The fourth-order valence-electron chi connectivity index (χ4n) is 1.76. The third kappa shape index (κ3) is 2.97. The van der Waals surface area contributed by atoms with Crippen LogP contribution in [0.4, 0.5) is 0 Å². The standard InChI is InChI=1S/C14H14O6/c1-2-18-6-7-19-10-4-3-5-11-13(10)9(15)8-12(20-11)14(16)17/h3-5,8H,2,6-7H2,1H3,(H,16,17). The molecule has 2 aromatic rings. The molecule has 0 fully saturated rings. The Morgan fingerprint density at radius 1 is 1.35 bits per heavy atom. The molecular formula is C14H14O6. The van der Waals surface area contributed by atoms with Crippen molar-refractivity contribution in [2.24, 2.45) is 0 Å². The Bertz CT molecular complexity index is 673.